The van der Waals surface area contributed by atoms with E-state index in [1.165, 1.54) is 16.7 Å². The van der Waals surface area contributed by atoms with Crippen molar-refractivity contribution < 1.29 is 24.3 Å². The SMILES string of the molecule is CSCCC(NC(=O)C1CCCN1C(=O)CN)C(=O)NC(Cc1ccccc1)C(=O)O. The van der Waals surface area contributed by atoms with E-state index in [1.54, 1.807) is 24.3 Å². The van der Waals surface area contributed by atoms with Gasteiger partial charge in [0.2, 0.25) is 17.7 Å². The van der Waals surface area contributed by atoms with Gasteiger partial charge in [-0.3, -0.25) is 14.4 Å². The summed E-state index contributed by atoms with van der Waals surface area (Å²) in [4.78, 5) is 50.8. The van der Waals surface area contributed by atoms with E-state index < -0.39 is 35.9 Å². The molecule has 3 unspecified atom stereocenters. The minimum atomic E-state index is -1.15. The molecule has 170 valence electrons. The fraction of sp³-hybridized carbons (Fsp3) is 0.524. The van der Waals surface area contributed by atoms with Gasteiger partial charge in [0, 0.05) is 13.0 Å². The Balaban J connectivity index is 2.07. The smallest absolute Gasteiger partial charge is 0.326 e. The molecule has 0 radical (unpaired) electrons. The van der Waals surface area contributed by atoms with Crippen molar-refractivity contribution in [3.8, 4) is 0 Å². The zero-order chi connectivity index (χ0) is 22.8. The van der Waals surface area contributed by atoms with Gasteiger partial charge in [-0.1, -0.05) is 30.3 Å². The molecule has 1 fully saturated rings. The van der Waals surface area contributed by atoms with Gasteiger partial charge in [-0.25, -0.2) is 4.79 Å². The minimum Gasteiger partial charge on any atom is -0.480 e. The molecule has 1 aromatic rings. The van der Waals surface area contributed by atoms with E-state index in [4.69, 9.17) is 5.73 Å². The first-order chi connectivity index (χ1) is 14.9. The van der Waals surface area contributed by atoms with Crippen LogP contribution in [0.5, 0.6) is 0 Å². The molecular weight excluding hydrogens is 420 g/mol. The molecule has 2 rings (SSSR count). The molecule has 1 saturated heterocycles. The normalized spacial score (nSPS) is 17.6. The number of nitrogens with one attached hydrogen (secondary N) is 2. The predicted molar refractivity (Wildman–Crippen MR) is 118 cm³/mol. The van der Waals surface area contributed by atoms with E-state index in [-0.39, 0.29) is 18.9 Å². The number of carbonyl (C=O) groups excluding carboxylic acids is 3. The number of carbonyl (C=O) groups is 4. The van der Waals surface area contributed by atoms with E-state index in [0.717, 1.165) is 5.56 Å². The van der Waals surface area contributed by atoms with Crippen molar-refractivity contribution in [1.29, 1.82) is 0 Å². The molecule has 10 heteroatoms. The van der Waals surface area contributed by atoms with Crippen LogP contribution in [0.2, 0.25) is 0 Å². The second-order valence-corrected chi connectivity index (χ2v) is 8.37. The third-order valence-corrected chi connectivity index (χ3v) is 5.84. The molecule has 1 heterocycles. The molecule has 3 amide bonds. The van der Waals surface area contributed by atoms with Crippen LogP contribution in [-0.2, 0) is 25.6 Å². The average molecular weight is 451 g/mol. The maximum atomic E-state index is 12.9. The van der Waals surface area contributed by atoms with Crippen molar-refractivity contribution in [2.24, 2.45) is 5.73 Å². The van der Waals surface area contributed by atoms with E-state index in [1.807, 2.05) is 12.3 Å². The van der Waals surface area contributed by atoms with Crippen molar-refractivity contribution in [3.63, 3.8) is 0 Å². The molecule has 9 nitrogen and oxygen atoms in total. The zero-order valence-corrected chi connectivity index (χ0v) is 18.4. The van der Waals surface area contributed by atoms with E-state index in [9.17, 15) is 24.3 Å². The van der Waals surface area contributed by atoms with Crippen LogP contribution in [0.1, 0.15) is 24.8 Å². The maximum Gasteiger partial charge on any atom is 0.326 e. The Hall–Kier alpha value is -2.59. The molecule has 1 aliphatic rings. The van der Waals surface area contributed by atoms with Gasteiger partial charge in [0.15, 0.2) is 0 Å². The van der Waals surface area contributed by atoms with Gasteiger partial charge in [-0.2, -0.15) is 11.8 Å². The summed E-state index contributed by atoms with van der Waals surface area (Å²) < 4.78 is 0. The van der Waals surface area contributed by atoms with Crippen molar-refractivity contribution in [2.75, 3.05) is 25.1 Å². The number of rotatable bonds is 11. The van der Waals surface area contributed by atoms with Gasteiger partial charge >= 0.3 is 5.97 Å². The summed E-state index contributed by atoms with van der Waals surface area (Å²) in [5, 5.41) is 14.8. The second kappa shape index (κ2) is 12.3. The number of carboxylic acids is 1. The van der Waals surface area contributed by atoms with E-state index in [0.29, 0.717) is 31.6 Å². The predicted octanol–water partition coefficient (Wildman–Crippen LogP) is -0.0139. The highest BCUT2D eigenvalue weighted by Gasteiger charge is 2.35. The number of thioether (sulfide) groups is 1. The van der Waals surface area contributed by atoms with Gasteiger partial charge in [-0.15, -0.1) is 0 Å². The van der Waals surface area contributed by atoms with Crippen LogP contribution in [0, 0.1) is 0 Å². The van der Waals surface area contributed by atoms with Crippen molar-refractivity contribution in [3.05, 3.63) is 35.9 Å². The zero-order valence-electron chi connectivity index (χ0n) is 17.6. The van der Waals surface area contributed by atoms with Gasteiger partial charge in [0.1, 0.15) is 18.1 Å². The van der Waals surface area contributed by atoms with Gasteiger partial charge < -0.3 is 26.4 Å². The molecule has 31 heavy (non-hydrogen) atoms. The highest BCUT2D eigenvalue weighted by molar-refractivity contribution is 7.98. The molecule has 1 aliphatic heterocycles. The van der Waals surface area contributed by atoms with E-state index >= 15 is 0 Å². The molecule has 0 bridgehead atoms. The molecule has 0 spiro atoms. The fourth-order valence-corrected chi connectivity index (χ4v) is 4.02. The summed E-state index contributed by atoms with van der Waals surface area (Å²) >= 11 is 1.51. The Morgan fingerprint density at radius 3 is 2.52 bits per heavy atom. The molecule has 3 atom stereocenters. The Kier molecular flexibility index (Phi) is 9.80. The lowest BCUT2D eigenvalue weighted by Crippen LogP contribution is -2.56. The first-order valence-electron chi connectivity index (χ1n) is 10.2. The Morgan fingerprint density at radius 2 is 1.90 bits per heavy atom. The van der Waals surface area contributed by atoms with Crippen LogP contribution in [0.4, 0.5) is 0 Å². The van der Waals surface area contributed by atoms with Gasteiger partial charge in [-0.05, 0) is 36.8 Å². The standard InChI is InChI=1S/C21H30N4O5S/c1-31-11-9-15(23-20(28)17-8-5-10-25(17)18(26)13-22)19(27)24-16(21(29)30)12-14-6-3-2-4-7-14/h2-4,6-7,15-17H,5,8-13,22H2,1H3,(H,23,28)(H,24,27)(H,29,30). The third-order valence-electron chi connectivity index (χ3n) is 5.19. The molecule has 0 saturated carbocycles. The lowest BCUT2D eigenvalue weighted by Gasteiger charge is -2.26. The number of benzene rings is 1. The third kappa shape index (κ3) is 7.25. The summed E-state index contributed by atoms with van der Waals surface area (Å²) in [5.74, 6) is -1.83. The summed E-state index contributed by atoms with van der Waals surface area (Å²) in [6.07, 6.45) is 3.54. The Morgan fingerprint density at radius 1 is 1.19 bits per heavy atom. The minimum absolute atomic E-state index is 0.131. The highest BCUT2D eigenvalue weighted by atomic mass is 32.2. The van der Waals surface area contributed by atoms with Crippen molar-refractivity contribution >= 4 is 35.5 Å². The summed E-state index contributed by atoms with van der Waals surface area (Å²) in [6.45, 7) is 0.272. The van der Waals surface area contributed by atoms with Crippen LogP contribution in [0.3, 0.4) is 0 Å². The number of aliphatic carboxylic acids is 1. The maximum absolute atomic E-state index is 12.9. The van der Waals surface area contributed by atoms with Crippen molar-refractivity contribution in [2.45, 2.75) is 43.8 Å². The van der Waals surface area contributed by atoms with Crippen LogP contribution in [0.15, 0.2) is 30.3 Å². The molecule has 5 N–H and O–H groups in total. The quantitative estimate of drug-likeness (QED) is 0.371. The number of hydrogen-bond acceptors (Lipinski definition) is 6. The Labute approximate surface area is 186 Å². The summed E-state index contributed by atoms with van der Waals surface area (Å²) in [7, 11) is 0. The molecular formula is C21H30N4O5S. The van der Waals surface area contributed by atoms with Gasteiger partial charge in [0.25, 0.3) is 0 Å². The van der Waals surface area contributed by atoms with Crippen LogP contribution in [0.25, 0.3) is 0 Å². The number of nitrogens with zero attached hydrogens (tertiary/aromatic N) is 1. The lowest BCUT2D eigenvalue weighted by atomic mass is 10.1. The largest absolute Gasteiger partial charge is 0.480 e. The monoisotopic (exact) mass is 450 g/mol. The topological polar surface area (TPSA) is 142 Å². The number of nitrogens with two attached hydrogens (primary N) is 1. The fourth-order valence-electron chi connectivity index (χ4n) is 3.55. The summed E-state index contributed by atoms with van der Waals surface area (Å²) in [6, 6.07) is 6.32. The van der Waals surface area contributed by atoms with Crippen LogP contribution >= 0.6 is 11.8 Å². The second-order valence-electron chi connectivity index (χ2n) is 7.38. The Bertz CT molecular complexity index is 776. The van der Waals surface area contributed by atoms with Gasteiger partial charge in [0.05, 0.1) is 6.54 Å². The van der Waals surface area contributed by atoms with Crippen LogP contribution in [-0.4, -0.2) is 76.9 Å². The van der Waals surface area contributed by atoms with Crippen molar-refractivity contribution in [1.82, 2.24) is 15.5 Å². The molecule has 0 aromatic heterocycles. The highest BCUT2D eigenvalue weighted by Crippen LogP contribution is 2.18. The summed E-state index contributed by atoms with van der Waals surface area (Å²) in [5.41, 5.74) is 6.21. The van der Waals surface area contributed by atoms with Crippen LogP contribution < -0.4 is 16.4 Å². The number of amides is 3. The number of likely N-dealkylation sites (tertiary alicyclic amines) is 1. The number of carboxylic acid groups (broad SMARTS) is 1. The van der Waals surface area contributed by atoms with E-state index in [2.05, 4.69) is 10.6 Å². The lowest BCUT2D eigenvalue weighted by molar-refractivity contribution is -0.142. The molecule has 0 aliphatic carbocycles. The first kappa shape index (κ1) is 24.7. The first-order valence-corrected chi connectivity index (χ1v) is 11.6. The average Bonchev–Trinajstić information content (AvgIpc) is 3.26. The molecule has 1 aromatic carbocycles. The number of hydrogen-bond donors (Lipinski definition) is 4.